The molecule has 1 saturated carbocycles. The lowest BCUT2D eigenvalue weighted by molar-refractivity contribution is 0.345. The molecule has 0 spiro atoms. The molecule has 0 saturated heterocycles. The van der Waals surface area contributed by atoms with Gasteiger partial charge in [0.15, 0.2) is 0 Å². The Balaban J connectivity index is 2.19. The molecule has 0 amide bonds. The van der Waals surface area contributed by atoms with E-state index in [1.165, 1.54) is 37.7 Å². The lowest BCUT2D eigenvalue weighted by Gasteiger charge is -2.30. The molecule has 0 aromatic heterocycles. The molecule has 1 N–H and O–H groups in total. The zero-order chi connectivity index (χ0) is 13.7. The molecule has 0 bridgehead atoms. The Bertz CT molecular complexity index is 377. The molecule has 2 rings (SSSR count). The van der Waals surface area contributed by atoms with Crippen LogP contribution in [0, 0.1) is 5.92 Å². The smallest absolute Gasteiger partial charge is 0.0348 e. The minimum absolute atomic E-state index is 0.528. The average Bonchev–Trinajstić information content (AvgIpc) is 2.37. The molecule has 1 aromatic rings. The molecule has 1 aliphatic rings. The molecule has 1 aliphatic carbocycles. The molecule has 1 nitrogen and oxygen atoms in total. The van der Waals surface area contributed by atoms with Gasteiger partial charge in [-0.3, -0.25) is 0 Å². The molecule has 1 aromatic carbocycles. The van der Waals surface area contributed by atoms with E-state index in [9.17, 15) is 0 Å². The minimum Gasteiger partial charge on any atom is -0.310 e. The summed E-state index contributed by atoms with van der Waals surface area (Å²) < 4.78 is 0. The topological polar surface area (TPSA) is 12.0 Å². The second-order valence-corrected chi connectivity index (χ2v) is 5.91. The summed E-state index contributed by atoms with van der Waals surface area (Å²) >= 11 is 0. The molecular formula is C18H29N. The van der Waals surface area contributed by atoms with Crippen molar-refractivity contribution in [3.63, 3.8) is 0 Å². The molecule has 1 fully saturated rings. The van der Waals surface area contributed by atoms with Crippen LogP contribution < -0.4 is 5.32 Å². The van der Waals surface area contributed by atoms with Gasteiger partial charge in [0.2, 0.25) is 0 Å². The first-order valence-corrected chi connectivity index (χ1v) is 8.13. The molecule has 1 unspecified atom stereocenters. The van der Waals surface area contributed by atoms with Crippen molar-refractivity contribution < 1.29 is 0 Å². The summed E-state index contributed by atoms with van der Waals surface area (Å²) in [4.78, 5) is 0. The predicted molar refractivity (Wildman–Crippen MR) is 83.5 cm³/mol. The van der Waals surface area contributed by atoms with Gasteiger partial charge in [0, 0.05) is 6.04 Å². The normalized spacial score (nSPS) is 17.5. The fourth-order valence-corrected chi connectivity index (χ4v) is 3.28. The average molecular weight is 259 g/mol. The van der Waals surface area contributed by atoms with Crippen molar-refractivity contribution >= 4 is 0 Å². The van der Waals surface area contributed by atoms with Crippen molar-refractivity contribution in [1.82, 2.24) is 5.32 Å². The highest BCUT2D eigenvalue weighted by atomic mass is 14.9. The van der Waals surface area contributed by atoms with Crippen LogP contribution in [0.5, 0.6) is 0 Å². The Hall–Kier alpha value is -0.820. The Morgan fingerprint density at radius 1 is 1.16 bits per heavy atom. The number of rotatable bonds is 7. The summed E-state index contributed by atoms with van der Waals surface area (Å²) in [5.41, 5.74) is 3.07. The van der Waals surface area contributed by atoms with E-state index in [0.29, 0.717) is 6.04 Å². The van der Waals surface area contributed by atoms with Crippen LogP contribution in [0.15, 0.2) is 24.3 Å². The summed E-state index contributed by atoms with van der Waals surface area (Å²) in [6, 6.07) is 9.89. The highest BCUT2D eigenvalue weighted by Crippen LogP contribution is 2.38. The van der Waals surface area contributed by atoms with Gasteiger partial charge in [-0.2, -0.15) is 0 Å². The molecule has 0 radical (unpaired) electrons. The molecule has 1 atom stereocenters. The highest BCUT2D eigenvalue weighted by Gasteiger charge is 2.23. The fraction of sp³-hybridized carbons (Fsp3) is 0.667. The predicted octanol–water partition coefficient (Wildman–Crippen LogP) is 5.04. The maximum Gasteiger partial charge on any atom is 0.0348 e. The van der Waals surface area contributed by atoms with Gasteiger partial charge in [0.25, 0.3) is 0 Å². The standard InChI is InChI=1S/C18H29N/c1-4-14(5-2)18(19-6-3)17-12-8-11-16(13-17)15-9-7-10-15/h8,11-15,18-19H,4-7,9-10H2,1-3H3. The number of hydrogen-bond acceptors (Lipinski definition) is 1. The summed E-state index contributed by atoms with van der Waals surface area (Å²) in [6.45, 7) is 7.89. The van der Waals surface area contributed by atoms with E-state index in [1.54, 1.807) is 5.56 Å². The Morgan fingerprint density at radius 3 is 2.42 bits per heavy atom. The molecule has 0 heterocycles. The van der Waals surface area contributed by atoms with E-state index in [0.717, 1.165) is 18.4 Å². The van der Waals surface area contributed by atoms with E-state index < -0.39 is 0 Å². The van der Waals surface area contributed by atoms with Crippen molar-refractivity contribution in [2.24, 2.45) is 5.92 Å². The van der Waals surface area contributed by atoms with Crippen molar-refractivity contribution in [1.29, 1.82) is 0 Å². The van der Waals surface area contributed by atoms with Gasteiger partial charge in [0.05, 0.1) is 0 Å². The monoisotopic (exact) mass is 259 g/mol. The maximum absolute atomic E-state index is 3.70. The Labute approximate surface area is 118 Å². The van der Waals surface area contributed by atoms with Gasteiger partial charge in [0.1, 0.15) is 0 Å². The van der Waals surface area contributed by atoms with E-state index in [4.69, 9.17) is 0 Å². The van der Waals surface area contributed by atoms with Gasteiger partial charge in [-0.05, 0) is 42.3 Å². The Kier molecular flexibility index (Phi) is 5.45. The summed E-state index contributed by atoms with van der Waals surface area (Å²) in [5, 5.41) is 3.70. The lowest BCUT2D eigenvalue weighted by Crippen LogP contribution is -2.28. The van der Waals surface area contributed by atoms with E-state index in [2.05, 4.69) is 50.4 Å². The molecule has 19 heavy (non-hydrogen) atoms. The first kappa shape index (κ1) is 14.6. The zero-order valence-electron chi connectivity index (χ0n) is 12.8. The van der Waals surface area contributed by atoms with Crippen molar-refractivity contribution in [2.75, 3.05) is 6.54 Å². The van der Waals surface area contributed by atoms with Crippen LogP contribution in [0.4, 0.5) is 0 Å². The number of hydrogen-bond donors (Lipinski definition) is 1. The van der Waals surface area contributed by atoms with Crippen LogP contribution in [0.2, 0.25) is 0 Å². The first-order chi connectivity index (χ1) is 9.30. The lowest BCUT2D eigenvalue weighted by atomic mass is 9.78. The van der Waals surface area contributed by atoms with Crippen LogP contribution in [0.3, 0.4) is 0 Å². The van der Waals surface area contributed by atoms with E-state index in [-0.39, 0.29) is 0 Å². The molecule has 0 aliphatic heterocycles. The van der Waals surface area contributed by atoms with Gasteiger partial charge >= 0.3 is 0 Å². The third-order valence-corrected chi connectivity index (χ3v) is 4.79. The molecule has 106 valence electrons. The van der Waals surface area contributed by atoms with Crippen LogP contribution in [0.1, 0.15) is 76.0 Å². The van der Waals surface area contributed by atoms with Crippen LogP contribution in [-0.4, -0.2) is 6.54 Å². The maximum atomic E-state index is 3.70. The zero-order valence-corrected chi connectivity index (χ0v) is 12.8. The third-order valence-electron chi connectivity index (χ3n) is 4.79. The largest absolute Gasteiger partial charge is 0.310 e. The summed E-state index contributed by atoms with van der Waals surface area (Å²) in [6.07, 6.45) is 6.70. The number of benzene rings is 1. The van der Waals surface area contributed by atoms with Gasteiger partial charge in [-0.15, -0.1) is 0 Å². The van der Waals surface area contributed by atoms with Crippen molar-refractivity contribution in [3.05, 3.63) is 35.4 Å². The Morgan fingerprint density at radius 2 is 1.89 bits per heavy atom. The fourth-order valence-electron chi connectivity index (χ4n) is 3.28. The quantitative estimate of drug-likeness (QED) is 0.723. The first-order valence-electron chi connectivity index (χ1n) is 8.13. The summed E-state index contributed by atoms with van der Waals surface area (Å²) in [7, 11) is 0. The van der Waals surface area contributed by atoms with Crippen LogP contribution >= 0.6 is 0 Å². The highest BCUT2D eigenvalue weighted by molar-refractivity contribution is 5.30. The van der Waals surface area contributed by atoms with Crippen molar-refractivity contribution in [3.8, 4) is 0 Å². The SMILES string of the molecule is CCNC(c1cccc(C2CCC2)c1)C(CC)CC. The number of nitrogens with one attached hydrogen (secondary N) is 1. The van der Waals surface area contributed by atoms with Crippen molar-refractivity contribution in [2.45, 2.75) is 64.8 Å². The van der Waals surface area contributed by atoms with Crippen LogP contribution in [0.25, 0.3) is 0 Å². The van der Waals surface area contributed by atoms with Gasteiger partial charge in [-0.1, -0.05) is 64.3 Å². The van der Waals surface area contributed by atoms with E-state index >= 15 is 0 Å². The molecular weight excluding hydrogens is 230 g/mol. The second kappa shape index (κ2) is 7.09. The van der Waals surface area contributed by atoms with Crippen LogP contribution in [-0.2, 0) is 0 Å². The third kappa shape index (κ3) is 3.39. The van der Waals surface area contributed by atoms with Gasteiger partial charge < -0.3 is 5.32 Å². The second-order valence-electron chi connectivity index (χ2n) is 5.91. The van der Waals surface area contributed by atoms with Gasteiger partial charge in [-0.25, -0.2) is 0 Å². The summed E-state index contributed by atoms with van der Waals surface area (Å²) in [5.74, 6) is 1.58. The minimum atomic E-state index is 0.528. The van der Waals surface area contributed by atoms with E-state index in [1.807, 2.05) is 0 Å². The molecule has 1 heteroatoms.